The molecule has 0 bridgehead atoms. The van der Waals surface area contributed by atoms with E-state index in [0.717, 1.165) is 19.3 Å². The van der Waals surface area contributed by atoms with Crippen molar-refractivity contribution in [2.24, 2.45) is 5.92 Å². The molecule has 3 rings (SSSR count). The fourth-order valence-electron chi connectivity index (χ4n) is 3.42. The van der Waals surface area contributed by atoms with Crippen LogP contribution in [0.1, 0.15) is 56.4 Å². The largest absolute Gasteiger partial charge is 0.350 e. The lowest BCUT2D eigenvalue weighted by Gasteiger charge is -2.14. The second-order valence-corrected chi connectivity index (χ2v) is 7.39. The molecule has 0 saturated carbocycles. The van der Waals surface area contributed by atoms with Gasteiger partial charge in [0.25, 0.3) is 11.5 Å². The van der Waals surface area contributed by atoms with E-state index in [1.54, 1.807) is 12.1 Å². The van der Waals surface area contributed by atoms with E-state index in [9.17, 15) is 9.59 Å². The minimum Gasteiger partial charge on any atom is -0.350 e. The van der Waals surface area contributed by atoms with Gasteiger partial charge in [-0.2, -0.15) is 5.10 Å². The zero-order valence-corrected chi connectivity index (χ0v) is 15.6. The van der Waals surface area contributed by atoms with Crippen LogP contribution in [0, 0.1) is 5.92 Å². The Morgan fingerprint density at radius 1 is 1.23 bits per heavy atom. The van der Waals surface area contributed by atoms with Gasteiger partial charge in [-0.3, -0.25) is 9.59 Å². The van der Waals surface area contributed by atoms with E-state index in [1.165, 1.54) is 23.1 Å². The fraction of sp³-hybridized carbons (Fsp3) is 0.476. The van der Waals surface area contributed by atoms with Gasteiger partial charge in [0.1, 0.15) is 0 Å². The number of nitrogens with one attached hydrogen (secondary N) is 1. The number of aromatic nitrogens is 2. The number of allylic oxidation sites excluding steroid dienone is 1. The summed E-state index contributed by atoms with van der Waals surface area (Å²) in [5.41, 5.74) is 1.62. The Labute approximate surface area is 154 Å². The lowest BCUT2D eigenvalue weighted by molar-refractivity contribution is 0.0948. The number of carbonyl (C=O) groups excluding carboxylic acids is 1. The summed E-state index contributed by atoms with van der Waals surface area (Å²) in [6, 6.07) is 7.21. The Balaban J connectivity index is 1.83. The second-order valence-electron chi connectivity index (χ2n) is 7.39. The lowest BCUT2D eigenvalue weighted by Crippen LogP contribution is -2.32. The molecule has 0 saturated heterocycles. The molecule has 0 spiro atoms. The summed E-state index contributed by atoms with van der Waals surface area (Å²) in [5.74, 6) is 0.0608. The topological polar surface area (TPSA) is 64.0 Å². The molecule has 0 radical (unpaired) electrons. The van der Waals surface area contributed by atoms with Gasteiger partial charge in [0, 0.05) is 18.5 Å². The van der Waals surface area contributed by atoms with Gasteiger partial charge in [-0.1, -0.05) is 43.7 Å². The number of hydrogen-bond acceptors (Lipinski definition) is 3. The maximum Gasteiger partial charge on any atom is 0.274 e. The fourth-order valence-corrected chi connectivity index (χ4v) is 3.42. The van der Waals surface area contributed by atoms with Crippen LogP contribution in [0.2, 0.25) is 0 Å². The van der Waals surface area contributed by atoms with Crippen LogP contribution in [0.5, 0.6) is 0 Å². The zero-order valence-electron chi connectivity index (χ0n) is 15.6. The third-order valence-corrected chi connectivity index (χ3v) is 4.74. The van der Waals surface area contributed by atoms with Crippen LogP contribution in [-0.4, -0.2) is 22.2 Å². The van der Waals surface area contributed by atoms with Crippen LogP contribution in [-0.2, 0) is 6.54 Å². The molecule has 0 unspecified atom stereocenters. The Kier molecular flexibility index (Phi) is 5.86. The summed E-state index contributed by atoms with van der Waals surface area (Å²) in [6.07, 6.45) is 7.97. The molecule has 2 aromatic rings. The normalized spacial score (nSPS) is 14.5. The summed E-state index contributed by atoms with van der Waals surface area (Å²) in [7, 11) is 0. The minimum atomic E-state index is -0.213. The quantitative estimate of drug-likeness (QED) is 0.806. The summed E-state index contributed by atoms with van der Waals surface area (Å²) in [5, 5.41) is 8.53. The van der Waals surface area contributed by atoms with Gasteiger partial charge in [-0.15, -0.1) is 0 Å². The van der Waals surface area contributed by atoms with Crippen LogP contribution in [0.3, 0.4) is 0 Å². The van der Waals surface area contributed by atoms with Crippen molar-refractivity contribution in [3.63, 3.8) is 0 Å². The van der Waals surface area contributed by atoms with E-state index in [1.807, 2.05) is 26.0 Å². The van der Waals surface area contributed by atoms with E-state index in [4.69, 9.17) is 0 Å². The first kappa shape index (κ1) is 18.4. The molecule has 1 heterocycles. The molecule has 5 nitrogen and oxygen atoms in total. The van der Waals surface area contributed by atoms with Crippen molar-refractivity contribution in [2.75, 3.05) is 6.54 Å². The lowest BCUT2D eigenvalue weighted by atomic mass is 9.97. The molecule has 1 aromatic carbocycles. The molecule has 1 N–H and O–H groups in total. The third-order valence-electron chi connectivity index (χ3n) is 4.74. The van der Waals surface area contributed by atoms with E-state index in [0.29, 0.717) is 29.6 Å². The van der Waals surface area contributed by atoms with Gasteiger partial charge in [-0.25, -0.2) is 4.68 Å². The average molecular weight is 353 g/mol. The Hall–Kier alpha value is -2.43. The maximum atomic E-state index is 12.7. The summed E-state index contributed by atoms with van der Waals surface area (Å²) in [6.45, 7) is 5.16. The SMILES string of the molecule is CC(C)Cn1nc(C(=O)NCCC2=CCCCC2)c2ccccc2c1=O. The van der Waals surface area contributed by atoms with Crippen molar-refractivity contribution in [1.29, 1.82) is 0 Å². The molecular formula is C21H27N3O2. The first-order chi connectivity index (χ1) is 12.6. The number of carbonyl (C=O) groups is 1. The van der Waals surface area contributed by atoms with Crippen molar-refractivity contribution in [3.05, 3.63) is 52.0 Å². The highest BCUT2D eigenvalue weighted by Crippen LogP contribution is 2.19. The number of amides is 1. The molecule has 5 heteroatoms. The molecule has 138 valence electrons. The van der Waals surface area contributed by atoms with Crippen LogP contribution < -0.4 is 10.9 Å². The van der Waals surface area contributed by atoms with E-state index >= 15 is 0 Å². The maximum absolute atomic E-state index is 12.7. The molecule has 26 heavy (non-hydrogen) atoms. The van der Waals surface area contributed by atoms with Crippen LogP contribution >= 0.6 is 0 Å². The monoisotopic (exact) mass is 353 g/mol. The smallest absolute Gasteiger partial charge is 0.274 e. The number of hydrogen-bond donors (Lipinski definition) is 1. The second kappa shape index (κ2) is 8.30. The van der Waals surface area contributed by atoms with E-state index < -0.39 is 0 Å². The van der Waals surface area contributed by atoms with Crippen LogP contribution in [0.4, 0.5) is 0 Å². The van der Waals surface area contributed by atoms with Gasteiger partial charge in [0.15, 0.2) is 5.69 Å². The number of nitrogens with zero attached hydrogens (tertiary/aromatic N) is 2. The van der Waals surface area contributed by atoms with Crippen molar-refractivity contribution < 1.29 is 4.79 Å². The van der Waals surface area contributed by atoms with Crippen molar-refractivity contribution in [1.82, 2.24) is 15.1 Å². The van der Waals surface area contributed by atoms with Gasteiger partial charge >= 0.3 is 0 Å². The van der Waals surface area contributed by atoms with Crippen LogP contribution in [0.25, 0.3) is 10.8 Å². The summed E-state index contributed by atoms with van der Waals surface area (Å²) in [4.78, 5) is 25.4. The molecule has 1 amide bonds. The van der Waals surface area contributed by atoms with E-state index in [2.05, 4.69) is 16.5 Å². The van der Waals surface area contributed by atoms with Gasteiger partial charge in [0.2, 0.25) is 0 Å². The van der Waals surface area contributed by atoms with E-state index in [-0.39, 0.29) is 17.4 Å². The number of benzene rings is 1. The number of fused-ring (bicyclic) bond motifs is 1. The molecule has 1 aromatic heterocycles. The average Bonchev–Trinajstić information content (AvgIpc) is 2.64. The van der Waals surface area contributed by atoms with Crippen molar-refractivity contribution in [3.8, 4) is 0 Å². The highest BCUT2D eigenvalue weighted by atomic mass is 16.2. The van der Waals surface area contributed by atoms with Gasteiger partial charge < -0.3 is 5.32 Å². The summed E-state index contributed by atoms with van der Waals surface area (Å²) >= 11 is 0. The molecule has 1 aliphatic rings. The summed E-state index contributed by atoms with van der Waals surface area (Å²) < 4.78 is 1.42. The van der Waals surface area contributed by atoms with Gasteiger partial charge in [0.05, 0.1) is 5.39 Å². The minimum absolute atomic E-state index is 0.141. The first-order valence-electron chi connectivity index (χ1n) is 9.52. The Morgan fingerprint density at radius 3 is 2.69 bits per heavy atom. The van der Waals surface area contributed by atoms with Crippen molar-refractivity contribution >= 4 is 16.7 Å². The van der Waals surface area contributed by atoms with Gasteiger partial charge in [-0.05, 0) is 44.1 Å². The molecule has 1 aliphatic carbocycles. The first-order valence-corrected chi connectivity index (χ1v) is 9.52. The van der Waals surface area contributed by atoms with Crippen molar-refractivity contribution in [2.45, 2.75) is 52.5 Å². The van der Waals surface area contributed by atoms with Crippen LogP contribution in [0.15, 0.2) is 40.7 Å². The highest BCUT2D eigenvalue weighted by molar-refractivity contribution is 6.04. The molecule has 0 fully saturated rings. The Bertz CT molecular complexity index is 880. The Morgan fingerprint density at radius 2 is 2.00 bits per heavy atom. The zero-order chi connectivity index (χ0) is 18.5. The molecule has 0 aliphatic heterocycles. The standard InChI is InChI=1S/C21H27N3O2/c1-15(2)14-24-21(26)18-11-7-6-10-17(18)19(23-24)20(25)22-13-12-16-8-4-3-5-9-16/h6-8,10-11,15H,3-5,9,12-14H2,1-2H3,(H,22,25). The number of rotatable bonds is 6. The predicted molar refractivity (Wildman–Crippen MR) is 104 cm³/mol. The molecule has 0 atom stereocenters. The highest BCUT2D eigenvalue weighted by Gasteiger charge is 2.17. The molecular weight excluding hydrogens is 326 g/mol. The predicted octanol–water partition coefficient (Wildman–Crippen LogP) is 3.67. The third kappa shape index (κ3) is 4.21.